The first kappa shape index (κ1) is 28.3. The second-order valence-electron chi connectivity index (χ2n) is 10.3. The number of hydrogen-bond donors (Lipinski definition) is 3. The summed E-state index contributed by atoms with van der Waals surface area (Å²) < 4.78 is 15.4. The Kier molecular flexibility index (Phi) is 9.34. The maximum Gasteiger partial charge on any atom is 0.290 e. The van der Waals surface area contributed by atoms with Gasteiger partial charge in [0.25, 0.3) is 5.91 Å². The fourth-order valence-corrected chi connectivity index (χ4v) is 4.84. The highest BCUT2D eigenvalue weighted by atomic mass is 16.6. The van der Waals surface area contributed by atoms with Crippen molar-refractivity contribution < 1.29 is 33.2 Å². The first-order valence-electron chi connectivity index (χ1n) is 13.4. The largest absolute Gasteiger partial charge is 0.497 e. The lowest BCUT2D eigenvalue weighted by atomic mass is 9.94. The van der Waals surface area contributed by atoms with Crippen molar-refractivity contribution in [2.24, 2.45) is 5.92 Å². The van der Waals surface area contributed by atoms with Gasteiger partial charge in [-0.05, 0) is 43.9 Å². The van der Waals surface area contributed by atoms with Gasteiger partial charge in [0.15, 0.2) is 5.78 Å². The minimum Gasteiger partial charge on any atom is -0.497 e. The van der Waals surface area contributed by atoms with Gasteiger partial charge in [-0.15, -0.1) is 0 Å². The van der Waals surface area contributed by atoms with Gasteiger partial charge in [0.1, 0.15) is 23.9 Å². The van der Waals surface area contributed by atoms with E-state index in [9.17, 15) is 19.2 Å². The van der Waals surface area contributed by atoms with Gasteiger partial charge in [-0.25, -0.2) is 0 Å². The molecule has 1 saturated heterocycles. The van der Waals surface area contributed by atoms with Crippen LogP contribution >= 0.6 is 0 Å². The van der Waals surface area contributed by atoms with Crippen molar-refractivity contribution in [2.75, 3.05) is 13.7 Å². The molecule has 4 rings (SSSR count). The number of aromatic nitrogens is 1. The summed E-state index contributed by atoms with van der Waals surface area (Å²) in [7, 11) is 1.56. The van der Waals surface area contributed by atoms with E-state index in [0.717, 1.165) is 31.2 Å². The molecule has 1 aliphatic carbocycles. The average molecular weight is 541 g/mol. The van der Waals surface area contributed by atoms with Crippen molar-refractivity contribution in [3.8, 4) is 5.75 Å². The van der Waals surface area contributed by atoms with Crippen LogP contribution in [0.4, 0.5) is 0 Å². The molecule has 39 heavy (non-hydrogen) atoms. The minimum absolute atomic E-state index is 0.0183. The van der Waals surface area contributed by atoms with Crippen LogP contribution in [0.2, 0.25) is 0 Å². The Labute approximate surface area is 227 Å². The van der Waals surface area contributed by atoms with Gasteiger partial charge in [-0.3, -0.25) is 19.2 Å². The number of hydrogen-bond acceptors (Lipinski definition) is 8. The first-order chi connectivity index (χ1) is 18.7. The van der Waals surface area contributed by atoms with Crippen LogP contribution in [0, 0.1) is 12.8 Å². The second-order valence-corrected chi connectivity index (χ2v) is 10.3. The van der Waals surface area contributed by atoms with Gasteiger partial charge in [0.2, 0.25) is 17.6 Å². The van der Waals surface area contributed by atoms with Gasteiger partial charge < -0.3 is 29.9 Å². The molecule has 3 amide bonds. The smallest absolute Gasteiger partial charge is 0.290 e. The fourth-order valence-electron chi connectivity index (χ4n) is 4.84. The van der Waals surface area contributed by atoms with E-state index in [0.29, 0.717) is 30.4 Å². The van der Waals surface area contributed by atoms with E-state index >= 15 is 0 Å². The van der Waals surface area contributed by atoms with Crippen molar-refractivity contribution in [3.05, 3.63) is 47.3 Å². The molecule has 0 radical (unpaired) electrons. The molecule has 2 aromatic rings. The van der Waals surface area contributed by atoms with E-state index in [1.165, 1.54) is 13.0 Å². The minimum atomic E-state index is -0.989. The third-order valence-corrected chi connectivity index (χ3v) is 7.18. The van der Waals surface area contributed by atoms with E-state index in [2.05, 4.69) is 21.1 Å². The number of nitrogens with one attached hydrogen (secondary N) is 3. The number of aryl methyl sites for hydroxylation is 1. The SMILES string of the molecule is COc1ccc(C[C@H](NC(=O)[C@@H](C)NC(=O)c2cc(C)no2)C(=O)N[C@@H](CC2CCCC2)C(=O)[C@H]2CO2)cc1. The van der Waals surface area contributed by atoms with E-state index in [1.807, 2.05) is 12.1 Å². The normalized spacial score (nSPS) is 19.0. The molecule has 1 aliphatic heterocycles. The molecule has 4 atom stereocenters. The zero-order valence-corrected chi connectivity index (χ0v) is 22.5. The Morgan fingerprint density at radius 2 is 1.69 bits per heavy atom. The highest BCUT2D eigenvalue weighted by molar-refractivity contribution is 5.98. The van der Waals surface area contributed by atoms with E-state index in [1.54, 1.807) is 26.2 Å². The summed E-state index contributed by atoms with van der Waals surface area (Å²) in [5, 5.41) is 11.9. The van der Waals surface area contributed by atoms with Crippen molar-refractivity contribution >= 4 is 23.5 Å². The van der Waals surface area contributed by atoms with Crippen molar-refractivity contribution in [3.63, 3.8) is 0 Å². The molecular weight excluding hydrogens is 504 g/mol. The highest BCUT2D eigenvalue weighted by Crippen LogP contribution is 2.30. The lowest BCUT2D eigenvalue weighted by Crippen LogP contribution is -2.56. The summed E-state index contributed by atoms with van der Waals surface area (Å²) in [5.41, 5.74) is 1.32. The molecule has 1 aromatic carbocycles. The number of methoxy groups -OCH3 is 1. The number of amides is 3. The first-order valence-corrected chi connectivity index (χ1v) is 13.4. The summed E-state index contributed by atoms with van der Waals surface area (Å²) in [6.07, 6.45) is 4.53. The summed E-state index contributed by atoms with van der Waals surface area (Å²) in [6, 6.07) is 5.97. The maximum absolute atomic E-state index is 13.6. The molecule has 0 unspecified atom stereocenters. The number of Topliss-reactive ketones (excluding diaryl/α,β-unsaturated/α-hetero) is 1. The van der Waals surface area contributed by atoms with Crippen LogP contribution in [0.5, 0.6) is 5.75 Å². The molecule has 3 N–H and O–H groups in total. The predicted octanol–water partition coefficient (Wildman–Crippen LogP) is 1.87. The number of ketones is 1. The molecule has 210 valence electrons. The van der Waals surface area contributed by atoms with Gasteiger partial charge in [-0.2, -0.15) is 0 Å². The Hall–Kier alpha value is -3.73. The zero-order valence-electron chi connectivity index (χ0n) is 22.5. The Morgan fingerprint density at radius 3 is 2.28 bits per heavy atom. The topological polar surface area (TPSA) is 152 Å². The van der Waals surface area contributed by atoms with Crippen molar-refractivity contribution in [1.29, 1.82) is 0 Å². The summed E-state index contributed by atoms with van der Waals surface area (Å²) in [6.45, 7) is 3.55. The molecule has 2 aliphatic rings. The molecule has 2 heterocycles. The van der Waals surface area contributed by atoms with Crippen LogP contribution in [0.1, 0.15) is 60.8 Å². The van der Waals surface area contributed by atoms with E-state index in [-0.39, 0.29) is 18.0 Å². The van der Waals surface area contributed by atoms with Crippen LogP contribution in [0.15, 0.2) is 34.9 Å². The number of carbonyl (C=O) groups is 4. The lowest BCUT2D eigenvalue weighted by Gasteiger charge is -2.25. The Balaban J connectivity index is 1.46. The van der Waals surface area contributed by atoms with Gasteiger partial charge in [0, 0.05) is 12.5 Å². The molecule has 0 spiro atoms. The van der Waals surface area contributed by atoms with E-state index in [4.69, 9.17) is 14.0 Å². The average Bonchev–Trinajstić information content (AvgIpc) is 3.47. The predicted molar refractivity (Wildman–Crippen MR) is 140 cm³/mol. The van der Waals surface area contributed by atoms with Crippen LogP contribution in [0.3, 0.4) is 0 Å². The van der Waals surface area contributed by atoms with Crippen molar-refractivity contribution in [1.82, 2.24) is 21.1 Å². The quantitative estimate of drug-likeness (QED) is 0.326. The molecular formula is C28H36N4O7. The van der Waals surface area contributed by atoms with Crippen LogP contribution in [0.25, 0.3) is 0 Å². The summed E-state index contributed by atoms with van der Waals surface area (Å²) in [5.74, 6) is -0.751. The molecule has 1 aromatic heterocycles. The monoisotopic (exact) mass is 540 g/mol. The fraction of sp³-hybridized carbons (Fsp3) is 0.536. The number of epoxide rings is 1. The number of ether oxygens (including phenoxy) is 2. The third-order valence-electron chi connectivity index (χ3n) is 7.18. The van der Waals surface area contributed by atoms with Gasteiger partial charge in [0.05, 0.1) is 25.5 Å². The zero-order chi connectivity index (χ0) is 27.9. The van der Waals surface area contributed by atoms with Crippen LogP contribution in [-0.2, 0) is 25.5 Å². The van der Waals surface area contributed by atoms with Crippen LogP contribution in [-0.4, -0.2) is 66.6 Å². The second kappa shape index (κ2) is 12.9. The van der Waals surface area contributed by atoms with Gasteiger partial charge >= 0.3 is 0 Å². The molecule has 0 bridgehead atoms. The molecule has 1 saturated carbocycles. The number of nitrogens with zero attached hydrogens (tertiary/aromatic N) is 1. The number of rotatable bonds is 13. The third kappa shape index (κ3) is 7.89. The maximum atomic E-state index is 13.6. The summed E-state index contributed by atoms with van der Waals surface area (Å²) >= 11 is 0. The molecule has 11 nitrogen and oxygen atoms in total. The summed E-state index contributed by atoms with van der Waals surface area (Å²) in [4.78, 5) is 52.0. The Morgan fingerprint density at radius 1 is 1.03 bits per heavy atom. The Bertz CT molecular complexity index is 1170. The van der Waals surface area contributed by atoms with E-state index < -0.39 is 42.0 Å². The highest BCUT2D eigenvalue weighted by Gasteiger charge is 2.39. The molecule has 11 heteroatoms. The van der Waals surface area contributed by atoms with Gasteiger partial charge in [-0.1, -0.05) is 43.0 Å². The number of carbonyl (C=O) groups excluding carboxylic acids is 4. The van der Waals surface area contributed by atoms with Crippen molar-refractivity contribution in [2.45, 2.75) is 76.6 Å². The van der Waals surface area contributed by atoms with Crippen LogP contribution < -0.4 is 20.7 Å². The standard InChI is InChI=1S/C28H36N4O7/c1-16-12-23(39-32-16)28(36)29-17(2)26(34)31-22(14-19-8-10-20(37-3)11-9-19)27(35)30-21(25(33)24-15-38-24)13-18-6-4-5-7-18/h8-12,17-18,21-22,24H,4-7,13-15H2,1-3H3,(H,29,36)(H,30,35)(H,31,34)/t17-,21+,22+,24-/m1/s1. The molecule has 2 fully saturated rings. The lowest BCUT2D eigenvalue weighted by molar-refractivity contribution is -0.132. The number of benzene rings is 1.